The van der Waals surface area contributed by atoms with E-state index in [1.807, 2.05) is 6.07 Å². The molecule has 1 saturated heterocycles. The summed E-state index contributed by atoms with van der Waals surface area (Å²) in [6, 6.07) is 10.4. The van der Waals surface area contributed by atoms with Gasteiger partial charge in [0.05, 0.1) is 20.8 Å². The smallest absolute Gasteiger partial charge is 0.229 e. The van der Waals surface area contributed by atoms with Gasteiger partial charge in [-0.3, -0.25) is 4.79 Å². The van der Waals surface area contributed by atoms with Gasteiger partial charge < -0.3 is 44.5 Å². The quantitative estimate of drug-likeness (QED) is 0.324. The second kappa shape index (κ2) is 11.7. The molecule has 10 heteroatoms. The highest BCUT2D eigenvalue weighted by atomic mass is 16.7. The fourth-order valence-corrected chi connectivity index (χ4v) is 5.13. The molecule has 2 fully saturated rings. The lowest BCUT2D eigenvalue weighted by Gasteiger charge is -2.39. The van der Waals surface area contributed by atoms with Crippen LogP contribution in [0.15, 0.2) is 36.4 Å². The van der Waals surface area contributed by atoms with Crippen molar-refractivity contribution in [2.24, 2.45) is 11.8 Å². The Labute approximate surface area is 215 Å². The van der Waals surface area contributed by atoms with E-state index >= 15 is 0 Å². The van der Waals surface area contributed by atoms with Crippen molar-refractivity contribution in [1.29, 1.82) is 0 Å². The number of hydrogen-bond acceptors (Lipinski definition) is 10. The van der Waals surface area contributed by atoms with Crippen LogP contribution in [0.5, 0.6) is 23.0 Å². The molecular formula is C27H34O10. The average Bonchev–Trinajstić information content (AvgIpc) is 3.24. The Hall–Kier alpha value is -2.89. The first kappa shape index (κ1) is 27.2. The van der Waals surface area contributed by atoms with Crippen LogP contribution in [-0.2, 0) is 22.4 Å². The summed E-state index contributed by atoms with van der Waals surface area (Å²) in [4.78, 5) is 12.7. The Morgan fingerprint density at radius 3 is 2.27 bits per heavy atom. The number of hydrogen-bond donors (Lipinski definition) is 5. The molecular weight excluding hydrogens is 484 g/mol. The van der Waals surface area contributed by atoms with E-state index in [-0.39, 0.29) is 29.1 Å². The number of phenolic OH excluding ortho intramolecular Hbond substituents is 1. The summed E-state index contributed by atoms with van der Waals surface area (Å²) in [6.45, 7) is -0.556. The Bertz CT molecular complexity index is 1090. The van der Waals surface area contributed by atoms with Crippen LogP contribution in [-0.4, -0.2) is 82.8 Å². The van der Waals surface area contributed by atoms with Crippen molar-refractivity contribution in [2.45, 2.75) is 56.4 Å². The molecule has 10 nitrogen and oxygen atoms in total. The molecule has 0 amide bonds. The summed E-state index contributed by atoms with van der Waals surface area (Å²) < 4.78 is 21.9. The van der Waals surface area contributed by atoms with Gasteiger partial charge in [0, 0.05) is 12.3 Å². The number of aliphatic hydroxyl groups is 4. The minimum Gasteiger partial charge on any atom is -0.504 e. The van der Waals surface area contributed by atoms with Crippen LogP contribution in [0, 0.1) is 11.8 Å². The van der Waals surface area contributed by atoms with Gasteiger partial charge in [0.15, 0.2) is 23.0 Å². The van der Waals surface area contributed by atoms with Crippen LogP contribution in [0.1, 0.15) is 24.0 Å². The molecule has 0 spiro atoms. The van der Waals surface area contributed by atoms with Crippen molar-refractivity contribution in [1.82, 2.24) is 0 Å². The summed E-state index contributed by atoms with van der Waals surface area (Å²) in [5.74, 6) is 1.23. The zero-order valence-electron chi connectivity index (χ0n) is 20.8. The SMILES string of the molecule is COc1cc(C[C@@H]2C(=O)CC[C@H]2Cc2ccc(O[C@@H]3O[C@H](CO)[C@@H](O)[C@H](O)[C@H]3O)c(OC)c2)ccc1O. The molecule has 2 aliphatic rings. The Morgan fingerprint density at radius 2 is 1.57 bits per heavy atom. The third-order valence-electron chi connectivity index (χ3n) is 7.26. The number of benzene rings is 2. The monoisotopic (exact) mass is 518 g/mol. The first-order valence-electron chi connectivity index (χ1n) is 12.3. The number of rotatable bonds is 9. The molecule has 4 rings (SSSR count). The highest BCUT2D eigenvalue weighted by Gasteiger charge is 2.45. The van der Waals surface area contributed by atoms with Gasteiger partial charge in [0.1, 0.15) is 30.2 Å². The summed E-state index contributed by atoms with van der Waals surface area (Å²) in [5.41, 5.74) is 1.85. The van der Waals surface area contributed by atoms with E-state index in [1.165, 1.54) is 14.2 Å². The van der Waals surface area contributed by atoms with Crippen molar-refractivity contribution in [2.75, 3.05) is 20.8 Å². The molecule has 1 aliphatic carbocycles. The Morgan fingerprint density at radius 1 is 0.892 bits per heavy atom. The van der Waals surface area contributed by atoms with Crippen LogP contribution in [0.2, 0.25) is 0 Å². The van der Waals surface area contributed by atoms with Gasteiger partial charge in [0.2, 0.25) is 6.29 Å². The number of methoxy groups -OCH3 is 2. The number of ketones is 1. The van der Waals surface area contributed by atoms with E-state index in [1.54, 1.807) is 30.3 Å². The predicted octanol–water partition coefficient (Wildman–Crippen LogP) is 0.969. The maximum atomic E-state index is 12.7. The minimum absolute atomic E-state index is 0.0543. The lowest BCUT2D eigenvalue weighted by atomic mass is 9.85. The topological polar surface area (TPSA) is 155 Å². The Kier molecular flexibility index (Phi) is 8.56. The fourth-order valence-electron chi connectivity index (χ4n) is 5.13. The number of carbonyl (C=O) groups is 1. The van der Waals surface area contributed by atoms with E-state index in [0.717, 1.165) is 17.5 Å². The number of carbonyl (C=O) groups excluding carboxylic acids is 1. The van der Waals surface area contributed by atoms with Crippen LogP contribution in [0.25, 0.3) is 0 Å². The highest BCUT2D eigenvalue weighted by molar-refractivity contribution is 5.83. The Balaban J connectivity index is 1.47. The molecule has 37 heavy (non-hydrogen) atoms. The van der Waals surface area contributed by atoms with Gasteiger partial charge in [-0.15, -0.1) is 0 Å². The molecule has 1 heterocycles. The molecule has 0 aromatic heterocycles. The number of Topliss-reactive ketones (excluding diaryl/α,β-unsaturated/α-hetero) is 1. The maximum Gasteiger partial charge on any atom is 0.229 e. The van der Waals surface area contributed by atoms with Gasteiger partial charge in [-0.25, -0.2) is 0 Å². The normalized spacial score (nSPS) is 29.8. The van der Waals surface area contributed by atoms with Crippen LogP contribution in [0.3, 0.4) is 0 Å². The molecule has 1 saturated carbocycles. The number of aliphatic hydroxyl groups excluding tert-OH is 4. The molecule has 202 valence electrons. The molecule has 0 bridgehead atoms. The maximum absolute atomic E-state index is 12.7. The van der Waals surface area contributed by atoms with Gasteiger partial charge in [-0.05, 0) is 60.6 Å². The fraction of sp³-hybridized carbons (Fsp3) is 0.519. The van der Waals surface area contributed by atoms with Crippen molar-refractivity contribution < 1.29 is 49.3 Å². The first-order chi connectivity index (χ1) is 17.7. The molecule has 5 N–H and O–H groups in total. The second-order valence-electron chi connectivity index (χ2n) is 9.59. The van der Waals surface area contributed by atoms with E-state index in [4.69, 9.17) is 18.9 Å². The average molecular weight is 519 g/mol. The van der Waals surface area contributed by atoms with E-state index in [0.29, 0.717) is 30.8 Å². The van der Waals surface area contributed by atoms with Crippen molar-refractivity contribution in [3.05, 3.63) is 47.5 Å². The molecule has 0 unspecified atom stereocenters. The lowest BCUT2D eigenvalue weighted by Crippen LogP contribution is -2.60. The molecule has 2 aromatic rings. The third-order valence-corrected chi connectivity index (χ3v) is 7.26. The zero-order chi connectivity index (χ0) is 26.7. The van der Waals surface area contributed by atoms with Gasteiger partial charge in [-0.1, -0.05) is 12.1 Å². The van der Waals surface area contributed by atoms with E-state index in [2.05, 4.69) is 0 Å². The zero-order valence-corrected chi connectivity index (χ0v) is 20.8. The number of ether oxygens (including phenoxy) is 4. The first-order valence-corrected chi connectivity index (χ1v) is 12.3. The summed E-state index contributed by atoms with van der Waals surface area (Å²) in [7, 11) is 2.96. The molecule has 1 aliphatic heterocycles. The predicted molar refractivity (Wildman–Crippen MR) is 131 cm³/mol. The van der Waals surface area contributed by atoms with E-state index in [9.17, 15) is 30.3 Å². The van der Waals surface area contributed by atoms with Crippen molar-refractivity contribution in [3.8, 4) is 23.0 Å². The van der Waals surface area contributed by atoms with Crippen LogP contribution >= 0.6 is 0 Å². The van der Waals surface area contributed by atoms with Crippen LogP contribution < -0.4 is 14.2 Å². The number of phenols is 1. The van der Waals surface area contributed by atoms with Crippen molar-refractivity contribution in [3.63, 3.8) is 0 Å². The second-order valence-corrected chi connectivity index (χ2v) is 9.59. The number of aromatic hydroxyl groups is 1. The van der Waals surface area contributed by atoms with E-state index < -0.39 is 37.3 Å². The van der Waals surface area contributed by atoms with Gasteiger partial charge in [-0.2, -0.15) is 0 Å². The standard InChI is InChI=1S/C27H34O10/c1-34-21-11-15(3-6-19(21)30)10-17-16(5-7-18(17)29)9-14-4-8-20(22(12-14)35-2)36-27-26(33)25(32)24(31)23(13-28)37-27/h3-4,6,8,11-12,16-17,23-28,30-33H,5,7,9-10,13H2,1-2H3/t16-,17-,23+,24+,25-,26+,27+/m0/s1. The molecule has 2 aromatic carbocycles. The lowest BCUT2D eigenvalue weighted by molar-refractivity contribution is -0.277. The third kappa shape index (κ3) is 5.83. The van der Waals surface area contributed by atoms with Gasteiger partial charge in [0.25, 0.3) is 0 Å². The summed E-state index contributed by atoms with van der Waals surface area (Å²) >= 11 is 0. The largest absolute Gasteiger partial charge is 0.504 e. The summed E-state index contributed by atoms with van der Waals surface area (Å²) in [6.07, 6.45) is -4.50. The van der Waals surface area contributed by atoms with Crippen molar-refractivity contribution >= 4 is 5.78 Å². The van der Waals surface area contributed by atoms with Gasteiger partial charge >= 0.3 is 0 Å². The van der Waals surface area contributed by atoms with Crippen LogP contribution in [0.4, 0.5) is 0 Å². The highest BCUT2D eigenvalue weighted by Crippen LogP contribution is 2.38. The summed E-state index contributed by atoms with van der Waals surface area (Å²) in [5, 5.41) is 49.5. The minimum atomic E-state index is -1.55. The molecule has 7 atom stereocenters. The molecule has 0 radical (unpaired) electrons.